The van der Waals surface area contributed by atoms with Gasteiger partial charge < -0.3 is 0 Å². The van der Waals surface area contributed by atoms with Crippen LogP contribution in [-0.2, 0) is 0 Å². The van der Waals surface area contributed by atoms with E-state index in [2.05, 4.69) is 62.4 Å². The molecule has 0 aliphatic carbocycles. The Balaban J connectivity index is 2.15. The second-order valence-corrected chi connectivity index (χ2v) is 7.87. The Morgan fingerprint density at radius 2 is 0.933 bits per heavy atom. The number of rotatable bonds is 2. The number of aryl methyl sites for hydroxylation is 2. The van der Waals surface area contributed by atoms with Crippen molar-refractivity contribution in [3.05, 3.63) is 59.7 Å². The zero-order valence-corrected chi connectivity index (χ0v) is 12.0. The molecule has 2 rings (SSSR count). The fourth-order valence-electron chi connectivity index (χ4n) is 1.44. The predicted octanol–water partition coefficient (Wildman–Crippen LogP) is 1.96. The molecule has 2 radical (unpaired) electrons. The van der Waals surface area contributed by atoms with E-state index in [1.54, 1.807) is 7.16 Å². The van der Waals surface area contributed by atoms with Gasteiger partial charge in [0.05, 0.1) is 0 Å². The van der Waals surface area contributed by atoms with Gasteiger partial charge in [0, 0.05) is 0 Å². The molecule has 0 N–H and O–H groups in total. The van der Waals surface area contributed by atoms with Crippen molar-refractivity contribution in [2.75, 3.05) is 0 Å². The average molecular weight is 301 g/mol. The maximum absolute atomic E-state index is 2.28. The minimum atomic E-state index is -0.556. The standard InChI is InChI=1S/2C7H7.Sn/c2*1-7-5-3-2-4-6-7;/h2*3-6H,1H3;. The predicted molar refractivity (Wildman–Crippen MR) is 67.4 cm³/mol. The molecule has 2 aromatic carbocycles. The topological polar surface area (TPSA) is 0 Å². The summed E-state index contributed by atoms with van der Waals surface area (Å²) in [5, 5.41) is 0. The van der Waals surface area contributed by atoms with E-state index < -0.39 is 21.1 Å². The van der Waals surface area contributed by atoms with Crippen molar-refractivity contribution in [3.63, 3.8) is 0 Å². The second kappa shape index (κ2) is 4.84. The van der Waals surface area contributed by atoms with Crippen LogP contribution in [0, 0.1) is 13.8 Å². The molecule has 0 amide bonds. The first kappa shape index (κ1) is 10.7. The van der Waals surface area contributed by atoms with Gasteiger partial charge in [0.2, 0.25) is 0 Å². The SMILES string of the molecule is Cc1cc[c]([Sn][c]2ccc(C)cc2)cc1. The summed E-state index contributed by atoms with van der Waals surface area (Å²) < 4.78 is 3.10. The van der Waals surface area contributed by atoms with Gasteiger partial charge >= 0.3 is 102 Å². The van der Waals surface area contributed by atoms with Gasteiger partial charge in [-0.1, -0.05) is 0 Å². The summed E-state index contributed by atoms with van der Waals surface area (Å²) in [5.74, 6) is 0. The molecule has 0 heterocycles. The molecular formula is C14H14Sn. The van der Waals surface area contributed by atoms with E-state index in [1.807, 2.05) is 0 Å². The van der Waals surface area contributed by atoms with Crippen LogP contribution in [0.15, 0.2) is 48.5 Å². The van der Waals surface area contributed by atoms with E-state index >= 15 is 0 Å². The summed E-state index contributed by atoms with van der Waals surface area (Å²) in [6.07, 6.45) is 0. The normalized spacial score (nSPS) is 10.3. The first-order valence-electron chi connectivity index (χ1n) is 5.14. The van der Waals surface area contributed by atoms with Gasteiger partial charge in [0.15, 0.2) is 0 Å². The molecule has 0 nitrogen and oxygen atoms in total. The molecule has 0 aromatic heterocycles. The van der Waals surface area contributed by atoms with E-state index in [-0.39, 0.29) is 0 Å². The van der Waals surface area contributed by atoms with Gasteiger partial charge in [-0.25, -0.2) is 0 Å². The third kappa shape index (κ3) is 3.10. The van der Waals surface area contributed by atoms with Crippen molar-refractivity contribution in [2.45, 2.75) is 13.8 Å². The van der Waals surface area contributed by atoms with Crippen molar-refractivity contribution in [3.8, 4) is 0 Å². The summed E-state index contributed by atoms with van der Waals surface area (Å²) in [6, 6.07) is 18.0. The van der Waals surface area contributed by atoms with Gasteiger partial charge in [-0.15, -0.1) is 0 Å². The summed E-state index contributed by atoms with van der Waals surface area (Å²) >= 11 is -0.556. The minimum absolute atomic E-state index is 0.556. The number of benzene rings is 2. The fraction of sp³-hybridized carbons (Fsp3) is 0.143. The molecule has 0 fully saturated rings. The molecule has 15 heavy (non-hydrogen) atoms. The van der Waals surface area contributed by atoms with Gasteiger partial charge in [-0.2, -0.15) is 0 Å². The Kier molecular flexibility index (Phi) is 3.47. The first-order chi connectivity index (χ1) is 7.24. The molecule has 0 saturated heterocycles. The van der Waals surface area contributed by atoms with Crippen molar-refractivity contribution >= 4 is 28.3 Å². The molecule has 0 bridgehead atoms. The Bertz CT molecular complexity index is 382. The van der Waals surface area contributed by atoms with Gasteiger partial charge in [-0.3, -0.25) is 0 Å². The van der Waals surface area contributed by atoms with E-state index in [9.17, 15) is 0 Å². The van der Waals surface area contributed by atoms with Crippen LogP contribution in [0.25, 0.3) is 0 Å². The quantitative estimate of drug-likeness (QED) is 0.744. The maximum atomic E-state index is 2.28. The molecule has 1 heteroatoms. The molecular weight excluding hydrogens is 287 g/mol. The van der Waals surface area contributed by atoms with Crippen LogP contribution < -0.4 is 7.16 Å². The zero-order chi connectivity index (χ0) is 10.7. The first-order valence-corrected chi connectivity index (χ1v) is 8.00. The molecule has 74 valence electrons. The Morgan fingerprint density at radius 1 is 0.600 bits per heavy atom. The summed E-state index contributed by atoms with van der Waals surface area (Å²) in [4.78, 5) is 0. The molecule has 0 spiro atoms. The summed E-state index contributed by atoms with van der Waals surface area (Å²) in [6.45, 7) is 4.28. The van der Waals surface area contributed by atoms with E-state index in [1.165, 1.54) is 11.1 Å². The van der Waals surface area contributed by atoms with Gasteiger partial charge in [-0.05, 0) is 0 Å². The molecule has 0 aliphatic rings. The van der Waals surface area contributed by atoms with E-state index in [0.29, 0.717) is 0 Å². The number of hydrogen-bond donors (Lipinski definition) is 0. The summed E-state index contributed by atoms with van der Waals surface area (Å²) in [7, 11) is 0. The van der Waals surface area contributed by atoms with Crippen molar-refractivity contribution in [1.29, 1.82) is 0 Å². The zero-order valence-electron chi connectivity index (χ0n) is 9.12. The monoisotopic (exact) mass is 302 g/mol. The molecule has 2 aromatic rings. The Morgan fingerprint density at radius 3 is 1.27 bits per heavy atom. The van der Waals surface area contributed by atoms with Crippen molar-refractivity contribution in [2.24, 2.45) is 0 Å². The van der Waals surface area contributed by atoms with Crippen LogP contribution in [0.1, 0.15) is 11.1 Å². The third-order valence-corrected chi connectivity index (χ3v) is 5.94. The Hall–Kier alpha value is -0.761. The fourth-order valence-corrected chi connectivity index (χ4v) is 4.29. The van der Waals surface area contributed by atoms with Crippen LogP contribution in [0.3, 0.4) is 0 Å². The molecule has 0 atom stereocenters. The average Bonchev–Trinajstić information content (AvgIpc) is 2.25. The molecule has 0 saturated carbocycles. The molecule has 0 aliphatic heterocycles. The van der Waals surface area contributed by atoms with Crippen LogP contribution in [-0.4, -0.2) is 21.1 Å². The second-order valence-electron chi connectivity index (χ2n) is 3.86. The van der Waals surface area contributed by atoms with Crippen molar-refractivity contribution < 1.29 is 0 Å². The molecule has 0 unspecified atom stereocenters. The Labute approximate surface area is 102 Å². The van der Waals surface area contributed by atoms with Gasteiger partial charge in [0.25, 0.3) is 0 Å². The summed E-state index contributed by atoms with van der Waals surface area (Å²) in [5.41, 5.74) is 2.70. The van der Waals surface area contributed by atoms with Gasteiger partial charge in [0.1, 0.15) is 0 Å². The van der Waals surface area contributed by atoms with Crippen LogP contribution >= 0.6 is 0 Å². The van der Waals surface area contributed by atoms with E-state index in [4.69, 9.17) is 0 Å². The van der Waals surface area contributed by atoms with Crippen LogP contribution in [0.2, 0.25) is 0 Å². The van der Waals surface area contributed by atoms with E-state index in [0.717, 1.165) is 0 Å². The number of hydrogen-bond acceptors (Lipinski definition) is 0. The van der Waals surface area contributed by atoms with Crippen LogP contribution in [0.4, 0.5) is 0 Å². The van der Waals surface area contributed by atoms with Crippen LogP contribution in [0.5, 0.6) is 0 Å². The van der Waals surface area contributed by atoms with Crippen molar-refractivity contribution in [1.82, 2.24) is 0 Å². The third-order valence-electron chi connectivity index (χ3n) is 2.39.